The van der Waals surface area contributed by atoms with Crippen LogP contribution in [-0.4, -0.2) is 0 Å². The predicted octanol–water partition coefficient (Wildman–Crippen LogP) is 3.88. The van der Waals surface area contributed by atoms with Gasteiger partial charge in [0.15, 0.2) is 0 Å². The first-order valence-electron chi connectivity index (χ1n) is 4.22. The summed E-state index contributed by atoms with van der Waals surface area (Å²) in [5, 5.41) is 0. The van der Waals surface area contributed by atoms with Gasteiger partial charge in [-0.15, -0.1) is 0 Å². The molecule has 12 heavy (non-hydrogen) atoms. The summed E-state index contributed by atoms with van der Waals surface area (Å²) in [6.07, 6.45) is 1.16. The highest BCUT2D eigenvalue weighted by Crippen LogP contribution is 2.20. The van der Waals surface area contributed by atoms with Gasteiger partial charge in [0.1, 0.15) is 0 Å². The Kier molecular flexibility index (Phi) is 3.16. The third kappa shape index (κ3) is 3.57. The van der Waals surface area contributed by atoms with E-state index in [9.17, 15) is 0 Å². The van der Waals surface area contributed by atoms with Gasteiger partial charge in [-0.2, -0.15) is 0 Å². The third-order valence-corrected chi connectivity index (χ3v) is 2.37. The van der Waals surface area contributed by atoms with Crippen molar-refractivity contribution in [3.05, 3.63) is 33.4 Å². The second-order valence-electron chi connectivity index (χ2n) is 4.36. The van der Waals surface area contributed by atoms with Crippen LogP contribution in [0.25, 0.3) is 0 Å². The topological polar surface area (TPSA) is 0 Å². The highest BCUT2D eigenvalue weighted by molar-refractivity contribution is 14.1. The molecule has 1 rings (SSSR count). The molecule has 0 aliphatic rings. The maximum Gasteiger partial charge on any atom is 0.0130 e. The van der Waals surface area contributed by atoms with E-state index < -0.39 is 0 Å². The van der Waals surface area contributed by atoms with E-state index in [1.807, 2.05) is 0 Å². The zero-order valence-corrected chi connectivity index (χ0v) is 10.1. The van der Waals surface area contributed by atoms with Crippen LogP contribution in [0.3, 0.4) is 0 Å². The van der Waals surface area contributed by atoms with E-state index in [4.69, 9.17) is 0 Å². The fraction of sp³-hybridized carbons (Fsp3) is 0.455. The molecule has 1 heteroatoms. The first-order chi connectivity index (χ1) is 5.47. The number of hydrogen-bond donors (Lipinski definition) is 0. The lowest BCUT2D eigenvalue weighted by Gasteiger charge is -2.17. The number of benzene rings is 1. The summed E-state index contributed by atoms with van der Waals surface area (Å²) in [4.78, 5) is 0. The Morgan fingerprint density at radius 3 is 2.00 bits per heavy atom. The maximum atomic E-state index is 2.33. The highest BCUT2D eigenvalue weighted by atomic mass is 127. The smallest absolute Gasteiger partial charge is 0.0130 e. The van der Waals surface area contributed by atoms with Crippen molar-refractivity contribution in [2.24, 2.45) is 5.41 Å². The van der Waals surface area contributed by atoms with Crippen LogP contribution in [0.1, 0.15) is 26.3 Å². The standard InChI is InChI=1S/C11H15I/c1-11(2,3)8-9-4-6-10(12)7-5-9/h4-7H,8H2,1-3H3. The maximum absolute atomic E-state index is 2.33. The van der Waals surface area contributed by atoms with Gasteiger partial charge in [-0.1, -0.05) is 32.9 Å². The van der Waals surface area contributed by atoms with Crippen molar-refractivity contribution < 1.29 is 0 Å². The van der Waals surface area contributed by atoms with Crippen LogP contribution in [-0.2, 0) is 6.42 Å². The molecule has 1 aromatic carbocycles. The second kappa shape index (κ2) is 3.77. The Balaban J connectivity index is 2.71. The van der Waals surface area contributed by atoms with E-state index in [0.29, 0.717) is 5.41 Å². The summed E-state index contributed by atoms with van der Waals surface area (Å²) in [5.41, 5.74) is 1.83. The van der Waals surface area contributed by atoms with Gasteiger partial charge >= 0.3 is 0 Å². The van der Waals surface area contributed by atoms with E-state index in [2.05, 4.69) is 67.6 Å². The molecule has 0 saturated heterocycles. The SMILES string of the molecule is CC(C)(C)Cc1ccc(I)cc1. The van der Waals surface area contributed by atoms with Gasteiger partial charge in [-0.3, -0.25) is 0 Å². The molecular formula is C11H15I. The Bertz CT molecular complexity index is 241. The molecule has 66 valence electrons. The average molecular weight is 274 g/mol. The van der Waals surface area contributed by atoms with Crippen LogP contribution >= 0.6 is 22.6 Å². The Morgan fingerprint density at radius 2 is 1.58 bits per heavy atom. The summed E-state index contributed by atoms with van der Waals surface area (Å²) in [6.45, 7) is 6.81. The van der Waals surface area contributed by atoms with E-state index in [1.165, 1.54) is 9.13 Å². The molecule has 0 fully saturated rings. The van der Waals surface area contributed by atoms with Crippen LogP contribution in [0, 0.1) is 8.99 Å². The van der Waals surface area contributed by atoms with Crippen molar-refractivity contribution in [1.29, 1.82) is 0 Å². The normalized spacial score (nSPS) is 11.7. The fourth-order valence-corrected chi connectivity index (χ4v) is 1.57. The molecule has 0 aliphatic heterocycles. The second-order valence-corrected chi connectivity index (χ2v) is 5.61. The Labute approximate surface area is 88.5 Å². The van der Waals surface area contributed by atoms with Crippen molar-refractivity contribution >= 4 is 22.6 Å². The fourth-order valence-electron chi connectivity index (χ4n) is 1.21. The predicted molar refractivity (Wildman–Crippen MR) is 62.3 cm³/mol. The lowest BCUT2D eigenvalue weighted by molar-refractivity contribution is 0.411. The molecule has 0 radical (unpaired) electrons. The van der Waals surface area contributed by atoms with Crippen molar-refractivity contribution in [3.8, 4) is 0 Å². The van der Waals surface area contributed by atoms with E-state index in [1.54, 1.807) is 0 Å². The van der Waals surface area contributed by atoms with E-state index in [0.717, 1.165) is 6.42 Å². The van der Waals surface area contributed by atoms with Gasteiger partial charge in [-0.25, -0.2) is 0 Å². The van der Waals surface area contributed by atoms with Crippen molar-refractivity contribution in [2.45, 2.75) is 27.2 Å². The molecule has 0 aliphatic carbocycles. The number of halogens is 1. The zero-order valence-electron chi connectivity index (χ0n) is 7.89. The van der Waals surface area contributed by atoms with Crippen molar-refractivity contribution in [3.63, 3.8) is 0 Å². The summed E-state index contributed by atoms with van der Waals surface area (Å²) in [5.74, 6) is 0. The summed E-state index contributed by atoms with van der Waals surface area (Å²) >= 11 is 2.33. The minimum atomic E-state index is 0.396. The Hall–Kier alpha value is -0.0500. The zero-order chi connectivity index (χ0) is 9.19. The largest absolute Gasteiger partial charge is 0.0599 e. The van der Waals surface area contributed by atoms with Gasteiger partial charge < -0.3 is 0 Å². The molecular weight excluding hydrogens is 259 g/mol. The molecule has 0 nitrogen and oxygen atoms in total. The van der Waals surface area contributed by atoms with Crippen LogP contribution in [0.2, 0.25) is 0 Å². The summed E-state index contributed by atoms with van der Waals surface area (Å²) in [6, 6.07) is 8.77. The molecule has 0 aromatic heterocycles. The number of rotatable bonds is 1. The molecule has 0 N–H and O–H groups in total. The quantitative estimate of drug-likeness (QED) is 0.682. The molecule has 0 amide bonds. The summed E-state index contributed by atoms with van der Waals surface area (Å²) in [7, 11) is 0. The summed E-state index contributed by atoms with van der Waals surface area (Å²) < 4.78 is 1.31. The van der Waals surface area contributed by atoms with E-state index >= 15 is 0 Å². The van der Waals surface area contributed by atoms with Gasteiger partial charge in [0.05, 0.1) is 0 Å². The molecule has 0 unspecified atom stereocenters. The van der Waals surface area contributed by atoms with Crippen LogP contribution < -0.4 is 0 Å². The van der Waals surface area contributed by atoms with Crippen molar-refractivity contribution in [1.82, 2.24) is 0 Å². The average Bonchev–Trinajstić information content (AvgIpc) is 1.91. The van der Waals surface area contributed by atoms with Crippen LogP contribution in [0.4, 0.5) is 0 Å². The molecule has 1 aromatic rings. The van der Waals surface area contributed by atoms with Crippen LogP contribution in [0.5, 0.6) is 0 Å². The van der Waals surface area contributed by atoms with Crippen molar-refractivity contribution in [2.75, 3.05) is 0 Å². The lowest BCUT2D eigenvalue weighted by Crippen LogP contribution is -2.08. The lowest BCUT2D eigenvalue weighted by atomic mass is 9.88. The number of hydrogen-bond acceptors (Lipinski definition) is 0. The van der Waals surface area contributed by atoms with Gasteiger partial charge in [-0.05, 0) is 52.1 Å². The first kappa shape index (κ1) is 10.0. The molecule has 0 heterocycles. The molecule has 0 atom stereocenters. The molecule has 0 saturated carbocycles. The first-order valence-corrected chi connectivity index (χ1v) is 5.30. The van der Waals surface area contributed by atoms with Crippen LogP contribution in [0.15, 0.2) is 24.3 Å². The van der Waals surface area contributed by atoms with Gasteiger partial charge in [0, 0.05) is 3.57 Å². The third-order valence-electron chi connectivity index (χ3n) is 1.65. The molecule has 0 bridgehead atoms. The monoisotopic (exact) mass is 274 g/mol. The van der Waals surface area contributed by atoms with Gasteiger partial charge in [0.2, 0.25) is 0 Å². The van der Waals surface area contributed by atoms with Gasteiger partial charge in [0.25, 0.3) is 0 Å². The Morgan fingerprint density at radius 1 is 1.08 bits per heavy atom. The minimum Gasteiger partial charge on any atom is -0.0599 e. The highest BCUT2D eigenvalue weighted by Gasteiger charge is 2.10. The van der Waals surface area contributed by atoms with E-state index in [-0.39, 0.29) is 0 Å². The molecule has 0 spiro atoms. The minimum absolute atomic E-state index is 0.396.